The van der Waals surface area contributed by atoms with Crippen molar-refractivity contribution in [2.24, 2.45) is 11.8 Å². The minimum atomic E-state index is -4.11. The average molecular weight is 756 g/mol. The van der Waals surface area contributed by atoms with E-state index in [9.17, 15) is 18.0 Å². The van der Waals surface area contributed by atoms with Crippen molar-refractivity contribution in [3.8, 4) is 0 Å². The molecule has 0 bridgehead atoms. The summed E-state index contributed by atoms with van der Waals surface area (Å²) in [5, 5.41) is 35.7. The van der Waals surface area contributed by atoms with Gasteiger partial charge in [0.1, 0.15) is 19.0 Å². The van der Waals surface area contributed by atoms with Crippen LogP contribution in [-0.2, 0) is 47.8 Å². The molecule has 1 fully saturated rings. The Labute approximate surface area is 291 Å². The summed E-state index contributed by atoms with van der Waals surface area (Å²) in [6, 6.07) is 7.30. The van der Waals surface area contributed by atoms with E-state index >= 15 is 0 Å². The Kier molecular flexibility index (Phi) is 18.6. The lowest BCUT2D eigenvalue weighted by Gasteiger charge is -2.36. The monoisotopic (exact) mass is 755 g/mol. The van der Waals surface area contributed by atoms with E-state index in [2.05, 4.69) is 33.0 Å². The van der Waals surface area contributed by atoms with Crippen molar-refractivity contribution in [1.29, 1.82) is 0 Å². The number of rotatable bonds is 25. The standard InChI is InChI=1S/C28H38N2O14S4/c31-27-25(21-5-9-23(10-6-21)29(13-1-17-45-42-39-33)14-2-18-46-43-40-34)28(32)26(27)22-7-11-24(12-8-22)30(15-3-19-47-44-41-35)16-4-20-48(36,37)38/h5-12,22,25-26H,1-4,13-20H2,(H3-,33,34,35,36,37,38)/p+1. The fourth-order valence-electron chi connectivity index (χ4n) is 5.39. The maximum Gasteiger partial charge on any atom is 0.265 e. The van der Waals surface area contributed by atoms with Gasteiger partial charge in [-0.3, -0.25) is 14.1 Å². The molecule has 0 aromatic heterocycles. The van der Waals surface area contributed by atoms with Gasteiger partial charge in [0.25, 0.3) is 10.1 Å². The van der Waals surface area contributed by atoms with E-state index in [1.54, 1.807) is 36.4 Å². The molecule has 0 atom stereocenters. The first-order valence-corrected chi connectivity index (χ1v) is 19.2. The number of hydrogen-bond donors (Lipinski definition) is 4. The zero-order valence-electron chi connectivity index (χ0n) is 25.7. The summed E-state index contributed by atoms with van der Waals surface area (Å²) in [6.45, 7) is 2.15. The van der Waals surface area contributed by atoms with Gasteiger partial charge in [-0.15, -0.1) is 13.0 Å². The first-order chi connectivity index (χ1) is 23.2. The predicted molar refractivity (Wildman–Crippen MR) is 178 cm³/mol. The first kappa shape index (κ1) is 40.5. The Bertz CT molecular complexity index is 1310. The van der Waals surface area contributed by atoms with Gasteiger partial charge in [0.2, 0.25) is 0 Å². The molecular weight excluding hydrogens is 717 g/mol. The van der Waals surface area contributed by atoms with Crippen LogP contribution >= 0.6 is 36.1 Å². The highest BCUT2D eigenvalue weighted by atomic mass is 32.2. The molecule has 16 nitrogen and oxygen atoms in total. The van der Waals surface area contributed by atoms with Gasteiger partial charge in [-0.25, -0.2) is 20.3 Å². The van der Waals surface area contributed by atoms with Gasteiger partial charge >= 0.3 is 0 Å². The molecule has 1 aromatic rings. The molecular formula is C28H39N2O14S4+. The van der Waals surface area contributed by atoms with Crippen LogP contribution in [0.1, 0.15) is 37.2 Å². The van der Waals surface area contributed by atoms with E-state index in [0.29, 0.717) is 68.3 Å². The molecule has 0 spiro atoms. The number of benzene rings is 1. The van der Waals surface area contributed by atoms with Crippen molar-refractivity contribution in [3.05, 3.63) is 54.1 Å². The smallest absolute Gasteiger partial charge is 0.265 e. The van der Waals surface area contributed by atoms with Crippen LogP contribution < -0.4 is 4.90 Å². The number of ketones is 2. The zero-order chi connectivity index (χ0) is 34.8. The van der Waals surface area contributed by atoms with E-state index < -0.39 is 27.9 Å². The lowest BCUT2D eigenvalue weighted by Crippen LogP contribution is -2.49. The minimum absolute atomic E-state index is 0.160. The molecule has 0 saturated heterocycles. The number of Topliss-reactive ketones (excluding diaryl/α,β-unsaturated/α-hetero) is 2. The molecule has 2 aliphatic rings. The second-order valence-corrected chi connectivity index (χ2v) is 14.5. The van der Waals surface area contributed by atoms with E-state index in [-0.39, 0.29) is 23.7 Å². The summed E-state index contributed by atoms with van der Waals surface area (Å²) < 4.78 is 46.7. The minimum Gasteiger partial charge on any atom is -0.371 e. The van der Waals surface area contributed by atoms with Crippen LogP contribution in [0.25, 0.3) is 0 Å². The molecule has 1 saturated carbocycles. The number of allylic oxidation sites excluding steroid dienone is 4. The molecule has 0 heterocycles. The summed E-state index contributed by atoms with van der Waals surface area (Å²) in [5.41, 5.74) is 2.27. The Morgan fingerprint density at radius 2 is 1.25 bits per heavy atom. The van der Waals surface area contributed by atoms with E-state index in [0.717, 1.165) is 47.5 Å². The lowest BCUT2D eigenvalue weighted by atomic mass is 9.63. The third kappa shape index (κ3) is 13.4. The van der Waals surface area contributed by atoms with Crippen LogP contribution in [0, 0.1) is 11.8 Å². The lowest BCUT2D eigenvalue weighted by molar-refractivity contribution is -0.526. The number of nitrogens with zero attached hydrogens (tertiary/aromatic N) is 2. The van der Waals surface area contributed by atoms with Crippen molar-refractivity contribution in [3.63, 3.8) is 0 Å². The maximum atomic E-state index is 13.3. The molecule has 4 N–H and O–H groups in total. The molecule has 268 valence electrons. The van der Waals surface area contributed by atoms with Gasteiger partial charge in [0.05, 0.1) is 11.7 Å². The zero-order valence-corrected chi connectivity index (χ0v) is 29.0. The molecule has 2 aliphatic carbocycles. The summed E-state index contributed by atoms with van der Waals surface area (Å²) in [6.07, 6.45) is 9.41. The number of carbonyl (C=O) groups is 2. The second kappa shape index (κ2) is 22.0. The summed E-state index contributed by atoms with van der Waals surface area (Å²) >= 11 is 2.84. The van der Waals surface area contributed by atoms with Crippen LogP contribution in [-0.4, -0.2) is 99.8 Å². The van der Waals surface area contributed by atoms with Crippen LogP contribution in [0.3, 0.4) is 0 Å². The van der Waals surface area contributed by atoms with Crippen molar-refractivity contribution in [2.45, 2.75) is 31.6 Å². The third-order valence-corrected chi connectivity index (χ3v) is 10.2. The van der Waals surface area contributed by atoms with Crippen LogP contribution in [0.5, 0.6) is 0 Å². The molecule has 48 heavy (non-hydrogen) atoms. The Morgan fingerprint density at radius 1 is 0.750 bits per heavy atom. The SMILES string of the molecule is O=C1C(c2ccc(N(CCCSOOO)CCCSOOO)cc2)C(=O)C1C1C=CC(=[N+](CCCSOOO)CCCS(=O)(=O)O)C=C1. The Balaban J connectivity index is 1.62. The quantitative estimate of drug-likeness (QED) is 0.0210. The molecule has 20 heteroatoms. The Morgan fingerprint density at radius 3 is 1.75 bits per heavy atom. The first-order valence-electron chi connectivity index (χ1n) is 14.8. The van der Waals surface area contributed by atoms with Gasteiger partial charge in [0, 0.05) is 103 Å². The molecule has 0 amide bonds. The molecule has 1 aromatic carbocycles. The van der Waals surface area contributed by atoms with Crippen molar-refractivity contribution in [2.75, 3.05) is 54.1 Å². The summed E-state index contributed by atoms with van der Waals surface area (Å²) in [4.78, 5) is 28.7. The normalized spacial score (nSPS) is 19.2. The fourth-order valence-corrected chi connectivity index (χ4v) is 6.96. The Hall–Kier alpha value is -1.89. The van der Waals surface area contributed by atoms with Gasteiger partial charge < -0.3 is 4.90 Å². The summed E-state index contributed by atoms with van der Waals surface area (Å²) in [5.74, 6) is -1.17. The highest BCUT2D eigenvalue weighted by molar-refractivity contribution is 7.94. The fraction of sp³-hybridized carbons (Fsp3) is 0.536. The predicted octanol–water partition coefficient (Wildman–Crippen LogP) is 4.20. The van der Waals surface area contributed by atoms with E-state index in [1.807, 2.05) is 16.7 Å². The van der Waals surface area contributed by atoms with E-state index in [1.165, 1.54) is 0 Å². The molecule has 0 unspecified atom stereocenters. The van der Waals surface area contributed by atoms with Crippen molar-refractivity contribution in [1.82, 2.24) is 0 Å². The number of hydrogen-bond acceptors (Lipinski definition) is 17. The van der Waals surface area contributed by atoms with Crippen LogP contribution in [0.15, 0.2) is 48.6 Å². The van der Waals surface area contributed by atoms with Gasteiger partial charge in [-0.2, -0.15) is 8.42 Å². The summed E-state index contributed by atoms with van der Waals surface area (Å²) in [7, 11) is -4.11. The van der Waals surface area contributed by atoms with Gasteiger partial charge in [-0.1, -0.05) is 39.4 Å². The third-order valence-electron chi connectivity index (χ3n) is 7.54. The van der Waals surface area contributed by atoms with Crippen LogP contribution in [0.2, 0.25) is 0 Å². The highest BCUT2D eigenvalue weighted by Crippen LogP contribution is 2.40. The average Bonchev–Trinajstić information content (AvgIpc) is 3.06. The van der Waals surface area contributed by atoms with Crippen LogP contribution in [0.4, 0.5) is 5.69 Å². The number of anilines is 1. The largest absolute Gasteiger partial charge is 0.371 e. The molecule has 0 aliphatic heterocycles. The van der Waals surface area contributed by atoms with Crippen molar-refractivity contribution >= 4 is 69.2 Å². The van der Waals surface area contributed by atoms with Gasteiger partial charge in [0.15, 0.2) is 17.3 Å². The molecule has 0 radical (unpaired) electrons. The number of carbonyl (C=O) groups excluding carboxylic acids is 2. The van der Waals surface area contributed by atoms with Gasteiger partial charge in [-0.05, 0) is 30.5 Å². The molecule has 3 rings (SSSR count). The van der Waals surface area contributed by atoms with Crippen molar-refractivity contribution < 1.29 is 71.0 Å². The maximum absolute atomic E-state index is 13.3. The van der Waals surface area contributed by atoms with E-state index in [4.69, 9.17) is 20.3 Å². The highest BCUT2D eigenvalue weighted by Gasteiger charge is 2.52. The topological polar surface area (TPSA) is 211 Å². The second-order valence-electron chi connectivity index (χ2n) is 10.6.